The fourth-order valence-corrected chi connectivity index (χ4v) is 2.64. The van der Waals surface area contributed by atoms with Crippen molar-refractivity contribution in [1.82, 2.24) is 9.97 Å². The summed E-state index contributed by atoms with van der Waals surface area (Å²) in [5, 5.41) is 1.63. The lowest BCUT2D eigenvalue weighted by atomic mass is 10.3. The molecule has 0 aliphatic heterocycles. The molecule has 0 saturated heterocycles. The maximum atomic E-state index is 5.73. The number of aromatic amines is 1. The number of rotatable bonds is 4. The number of nitrogens with one attached hydrogen (secondary N) is 1. The molecule has 1 heterocycles. The summed E-state index contributed by atoms with van der Waals surface area (Å²) in [4.78, 5) is 7.85. The second-order valence-electron chi connectivity index (χ2n) is 3.87. The molecule has 1 aromatic carbocycles. The second-order valence-corrected chi connectivity index (χ2v) is 5.16. The summed E-state index contributed by atoms with van der Waals surface area (Å²) in [7, 11) is 0. The van der Waals surface area contributed by atoms with Gasteiger partial charge in [-0.2, -0.15) is 0 Å². The van der Waals surface area contributed by atoms with Gasteiger partial charge in [-0.05, 0) is 31.0 Å². The maximum Gasteiger partial charge on any atom is 0.166 e. The molecule has 2 aromatic rings. The Hall–Kier alpha value is -1.16. The third-order valence-corrected chi connectivity index (χ3v) is 4.09. The first-order chi connectivity index (χ1) is 7.72. The molecule has 0 spiro atoms. The van der Waals surface area contributed by atoms with Crippen LogP contribution >= 0.6 is 11.8 Å². The van der Waals surface area contributed by atoms with Crippen molar-refractivity contribution in [3.05, 3.63) is 18.2 Å². The van der Waals surface area contributed by atoms with E-state index in [9.17, 15) is 0 Å². The van der Waals surface area contributed by atoms with Gasteiger partial charge in [0.25, 0.3) is 0 Å². The zero-order valence-corrected chi connectivity index (χ0v) is 10.5. The standard InChI is InChI=1S/C12H17N3S/c1-3-9(4-2)16-12-14-10-6-5-8(13)7-11(10)15-12/h5-7,9H,3-4,13H2,1-2H3,(H,14,15). The molecule has 86 valence electrons. The molecule has 0 amide bonds. The van der Waals surface area contributed by atoms with Gasteiger partial charge in [0, 0.05) is 10.9 Å². The van der Waals surface area contributed by atoms with Crippen LogP contribution in [0.4, 0.5) is 5.69 Å². The van der Waals surface area contributed by atoms with Crippen LogP contribution in [0.3, 0.4) is 0 Å². The van der Waals surface area contributed by atoms with Crippen LogP contribution in [0.15, 0.2) is 23.4 Å². The molecule has 0 unspecified atom stereocenters. The number of nitrogen functional groups attached to an aromatic ring is 1. The number of nitrogens with two attached hydrogens (primary N) is 1. The van der Waals surface area contributed by atoms with Crippen LogP contribution in [-0.4, -0.2) is 15.2 Å². The number of fused-ring (bicyclic) bond motifs is 1. The van der Waals surface area contributed by atoms with E-state index in [1.807, 2.05) is 30.0 Å². The lowest BCUT2D eigenvalue weighted by Crippen LogP contribution is -1.97. The number of thioether (sulfide) groups is 1. The molecule has 4 heteroatoms. The molecule has 2 rings (SSSR count). The molecular weight excluding hydrogens is 218 g/mol. The molecule has 0 atom stereocenters. The number of imidazole rings is 1. The molecule has 3 N–H and O–H groups in total. The second kappa shape index (κ2) is 4.78. The smallest absolute Gasteiger partial charge is 0.166 e. The minimum absolute atomic E-state index is 0.637. The molecule has 0 aliphatic rings. The van der Waals surface area contributed by atoms with E-state index in [-0.39, 0.29) is 0 Å². The van der Waals surface area contributed by atoms with Crippen LogP contribution in [0.25, 0.3) is 11.0 Å². The highest BCUT2D eigenvalue weighted by Crippen LogP contribution is 2.27. The molecule has 0 saturated carbocycles. The first-order valence-electron chi connectivity index (χ1n) is 5.64. The zero-order valence-electron chi connectivity index (χ0n) is 9.66. The minimum Gasteiger partial charge on any atom is -0.399 e. The number of nitrogens with zero attached hydrogens (tertiary/aromatic N) is 1. The topological polar surface area (TPSA) is 54.7 Å². The van der Waals surface area contributed by atoms with Crippen LogP contribution in [0.2, 0.25) is 0 Å². The van der Waals surface area contributed by atoms with Crippen molar-refractivity contribution >= 4 is 28.5 Å². The Labute approximate surface area is 99.8 Å². The van der Waals surface area contributed by atoms with Gasteiger partial charge in [0.1, 0.15) is 0 Å². The quantitative estimate of drug-likeness (QED) is 0.630. The number of anilines is 1. The Morgan fingerprint density at radius 3 is 2.81 bits per heavy atom. The summed E-state index contributed by atoms with van der Waals surface area (Å²) in [5.74, 6) is 0. The number of benzene rings is 1. The highest BCUT2D eigenvalue weighted by Gasteiger charge is 2.09. The van der Waals surface area contributed by atoms with Crippen LogP contribution in [0.1, 0.15) is 26.7 Å². The van der Waals surface area contributed by atoms with E-state index in [4.69, 9.17) is 5.73 Å². The average Bonchev–Trinajstić information content (AvgIpc) is 2.67. The number of hydrogen-bond donors (Lipinski definition) is 2. The summed E-state index contributed by atoms with van der Waals surface area (Å²) >= 11 is 1.81. The van der Waals surface area contributed by atoms with Gasteiger partial charge in [-0.15, -0.1) is 0 Å². The molecule has 0 bridgehead atoms. The Balaban J connectivity index is 2.25. The van der Waals surface area contributed by atoms with E-state index in [1.54, 1.807) is 0 Å². The summed E-state index contributed by atoms with van der Waals surface area (Å²) in [6, 6.07) is 5.77. The van der Waals surface area contributed by atoms with Crippen molar-refractivity contribution in [3.8, 4) is 0 Å². The summed E-state index contributed by atoms with van der Waals surface area (Å²) in [6.07, 6.45) is 2.33. The van der Waals surface area contributed by atoms with E-state index < -0.39 is 0 Å². The van der Waals surface area contributed by atoms with Crippen LogP contribution in [-0.2, 0) is 0 Å². The van der Waals surface area contributed by atoms with Crippen molar-refractivity contribution in [1.29, 1.82) is 0 Å². The van der Waals surface area contributed by atoms with Crippen molar-refractivity contribution in [3.63, 3.8) is 0 Å². The third-order valence-electron chi connectivity index (χ3n) is 2.67. The third kappa shape index (κ3) is 2.32. The van der Waals surface area contributed by atoms with E-state index in [0.717, 1.165) is 21.9 Å². The molecule has 0 radical (unpaired) electrons. The summed E-state index contributed by atoms with van der Waals surface area (Å²) in [5.41, 5.74) is 8.52. The van der Waals surface area contributed by atoms with E-state index in [0.29, 0.717) is 5.25 Å². The van der Waals surface area contributed by atoms with E-state index >= 15 is 0 Å². The molecule has 16 heavy (non-hydrogen) atoms. The van der Waals surface area contributed by atoms with Gasteiger partial charge in [0.15, 0.2) is 5.16 Å². The van der Waals surface area contributed by atoms with E-state index in [2.05, 4.69) is 23.8 Å². The van der Waals surface area contributed by atoms with Crippen LogP contribution in [0, 0.1) is 0 Å². The first-order valence-corrected chi connectivity index (χ1v) is 6.52. The van der Waals surface area contributed by atoms with Crippen molar-refractivity contribution in [2.24, 2.45) is 0 Å². The predicted octanol–water partition coefficient (Wildman–Crippen LogP) is 3.43. The fraction of sp³-hybridized carbons (Fsp3) is 0.417. The largest absolute Gasteiger partial charge is 0.399 e. The zero-order chi connectivity index (χ0) is 11.5. The highest BCUT2D eigenvalue weighted by molar-refractivity contribution is 7.99. The molecule has 1 aromatic heterocycles. The Morgan fingerprint density at radius 1 is 1.38 bits per heavy atom. The Kier molecular flexibility index (Phi) is 3.39. The van der Waals surface area contributed by atoms with Gasteiger partial charge in [-0.3, -0.25) is 0 Å². The van der Waals surface area contributed by atoms with Gasteiger partial charge in [0.05, 0.1) is 11.0 Å². The minimum atomic E-state index is 0.637. The summed E-state index contributed by atoms with van der Waals surface area (Å²) < 4.78 is 0. The lowest BCUT2D eigenvalue weighted by Gasteiger charge is -2.08. The maximum absolute atomic E-state index is 5.73. The summed E-state index contributed by atoms with van der Waals surface area (Å²) in [6.45, 7) is 4.42. The number of hydrogen-bond acceptors (Lipinski definition) is 3. The van der Waals surface area contributed by atoms with Crippen LogP contribution < -0.4 is 5.73 Å². The highest BCUT2D eigenvalue weighted by atomic mass is 32.2. The SMILES string of the molecule is CCC(CC)Sc1nc2ccc(N)cc2[nH]1. The van der Waals surface area contributed by atoms with Gasteiger partial charge in [0.2, 0.25) is 0 Å². The molecule has 3 nitrogen and oxygen atoms in total. The van der Waals surface area contributed by atoms with Gasteiger partial charge < -0.3 is 10.7 Å². The van der Waals surface area contributed by atoms with Gasteiger partial charge in [-0.25, -0.2) is 4.98 Å². The monoisotopic (exact) mass is 235 g/mol. The van der Waals surface area contributed by atoms with E-state index in [1.165, 1.54) is 12.8 Å². The average molecular weight is 235 g/mol. The first kappa shape index (κ1) is 11.3. The number of H-pyrrole nitrogens is 1. The lowest BCUT2D eigenvalue weighted by molar-refractivity contribution is 0.788. The van der Waals surface area contributed by atoms with Crippen LogP contribution in [0.5, 0.6) is 0 Å². The number of aromatic nitrogens is 2. The van der Waals surface area contributed by atoms with Gasteiger partial charge in [-0.1, -0.05) is 25.6 Å². The van der Waals surface area contributed by atoms with Crippen molar-refractivity contribution in [2.75, 3.05) is 5.73 Å². The Bertz CT molecular complexity index is 474. The Morgan fingerprint density at radius 2 is 2.12 bits per heavy atom. The normalized spacial score (nSPS) is 11.4. The van der Waals surface area contributed by atoms with Crippen molar-refractivity contribution in [2.45, 2.75) is 37.1 Å². The van der Waals surface area contributed by atoms with Gasteiger partial charge >= 0.3 is 0 Å². The molecular formula is C12H17N3S. The van der Waals surface area contributed by atoms with Crippen molar-refractivity contribution < 1.29 is 0 Å². The molecule has 0 fully saturated rings. The fourth-order valence-electron chi connectivity index (χ4n) is 1.67. The molecule has 0 aliphatic carbocycles. The predicted molar refractivity (Wildman–Crippen MR) is 70.7 cm³/mol.